The fourth-order valence-corrected chi connectivity index (χ4v) is 2.83. The summed E-state index contributed by atoms with van der Waals surface area (Å²) >= 11 is 1.60. The molecule has 2 aromatic rings. The van der Waals surface area contributed by atoms with Crippen molar-refractivity contribution < 1.29 is 4.39 Å². The van der Waals surface area contributed by atoms with Crippen molar-refractivity contribution in [2.24, 2.45) is 0 Å². The van der Waals surface area contributed by atoms with Gasteiger partial charge in [0.25, 0.3) is 0 Å². The number of hydrogen-bond donors (Lipinski definition) is 1. The van der Waals surface area contributed by atoms with Crippen LogP contribution in [-0.4, -0.2) is 37.1 Å². The quantitative estimate of drug-likeness (QED) is 0.758. The summed E-state index contributed by atoms with van der Waals surface area (Å²) in [5.41, 5.74) is 2.02. The maximum absolute atomic E-state index is 12.9. The molecule has 21 heavy (non-hydrogen) atoms. The van der Waals surface area contributed by atoms with Crippen molar-refractivity contribution >= 4 is 11.3 Å². The minimum absolute atomic E-state index is 0.213. The van der Waals surface area contributed by atoms with Crippen molar-refractivity contribution in [2.45, 2.75) is 19.4 Å². The van der Waals surface area contributed by atoms with Crippen LogP contribution in [-0.2, 0) is 6.54 Å². The van der Waals surface area contributed by atoms with Gasteiger partial charge in [0.15, 0.2) is 0 Å². The number of hydrogen-bond acceptors (Lipinski definition) is 4. The number of nitrogens with one attached hydrogen (secondary N) is 1. The van der Waals surface area contributed by atoms with Crippen LogP contribution in [0.15, 0.2) is 29.6 Å². The summed E-state index contributed by atoms with van der Waals surface area (Å²) in [6.07, 6.45) is 2.38. The Morgan fingerprint density at radius 2 is 1.95 bits per heavy atom. The summed E-state index contributed by atoms with van der Waals surface area (Å²) in [4.78, 5) is 6.79. The highest BCUT2D eigenvalue weighted by Crippen LogP contribution is 2.23. The average molecular weight is 307 g/mol. The van der Waals surface area contributed by atoms with Gasteiger partial charge in [0.05, 0.1) is 5.69 Å². The Hall–Kier alpha value is -1.30. The van der Waals surface area contributed by atoms with Crippen molar-refractivity contribution in [2.75, 3.05) is 27.2 Å². The second kappa shape index (κ2) is 8.22. The lowest BCUT2D eigenvalue weighted by molar-refractivity contribution is 0.391. The van der Waals surface area contributed by atoms with E-state index >= 15 is 0 Å². The average Bonchev–Trinajstić information content (AvgIpc) is 2.92. The molecule has 0 aliphatic rings. The number of nitrogens with zero attached hydrogens (tertiary/aromatic N) is 2. The molecule has 1 N–H and O–H groups in total. The van der Waals surface area contributed by atoms with Gasteiger partial charge < -0.3 is 10.2 Å². The van der Waals surface area contributed by atoms with Crippen molar-refractivity contribution in [3.63, 3.8) is 0 Å². The molecule has 1 aromatic carbocycles. The zero-order chi connectivity index (χ0) is 15.1. The first-order valence-electron chi connectivity index (χ1n) is 7.21. The van der Waals surface area contributed by atoms with Gasteiger partial charge in [-0.3, -0.25) is 0 Å². The van der Waals surface area contributed by atoms with Gasteiger partial charge in [-0.15, -0.1) is 11.3 Å². The highest BCUT2D eigenvalue weighted by Gasteiger charge is 2.04. The van der Waals surface area contributed by atoms with E-state index in [2.05, 4.69) is 34.7 Å². The standard InChI is InChI=1S/C16H22FN3S/c1-20(2)10-4-3-9-18-11-15-12-21-16(19-15)13-5-7-14(17)8-6-13/h5-8,12,18H,3-4,9-11H2,1-2H3. The Bertz CT molecular complexity index is 537. The van der Waals surface area contributed by atoms with Crippen molar-refractivity contribution in [1.29, 1.82) is 0 Å². The SMILES string of the molecule is CN(C)CCCCNCc1csc(-c2ccc(F)cc2)n1. The molecule has 0 aliphatic heterocycles. The van der Waals surface area contributed by atoms with Crippen LogP contribution in [0.3, 0.4) is 0 Å². The maximum atomic E-state index is 12.9. The van der Waals surface area contributed by atoms with Gasteiger partial charge in [-0.1, -0.05) is 0 Å². The summed E-state index contributed by atoms with van der Waals surface area (Å²) in [6, 6.07) is 6.48. The Labute approximate surface area is 129 Å². The summed E-state index contributed by atoms with van der Waals surface area (Å²) in [7, 11) is 4.19. The van der Waals surface area contributed by atoms with Gasteiger partial charge in [0.1, 0.15) is 10.8 Å². The third-order valence-electron chi connectivity index (χ3n) is 3.16. The zero-order valence-corrected chi connectivity index (χ0v) is 13.4. The van der Waals surface area contributed by atoms with E-state index in [1.807, 2.05) is 0 Å². The molecule has 0 amide bonds. The first-order chi connectivity index (χ1) is 10.1. The molecule has 5 heteroatoms. The predicted molar refractivity (Wildman–Crippen MR) is 87.0 cm³/mol. The fourth-order valence-electron chi connectivity index (χ4n) is 2.01. The van der Waals surface area contributed by atoms with E-state index in [0.29, 0.717) is 0 Å². The van der Waals surface area contributed by atoms with Crippen LogP contribution in [0.25, 0.3) is 10.6 Å². The molecule has 3 nitrogen and oxygen atoms in total. The van der Waals surface area contributed by atoms with E-state index in [-0.39, 0.29) is 5.82 Å². The Kier molecular flexibility index (Phi) is 6.29. The highest BCUT2D eigenvalue weighted by molar-refractivity contribution is 7.13. The van der Waals surface area contributed by atoms with E-state index in [4.69, 9.17) is 0 Å². The number of unbranched alkanes of at least 4 members (excludes halogenated alkanes) is 1. The monoisotopic (exact) mass is 307 g/mol. The molecule has 0 aliphatic carbocycles. The van der Waals surface area contributed by atoms with Crippen LogP contribution in [0.2, 0.25) is 0 Å². The molecule has 1 heterocycles. The molecule has 0 spiro atoms. The maximum Gasteiger partial charge on any atom is 0.123 e. The molecule has 0 radical (unpaired) electrons. The van der Waals surface area contributed by atoms with E-state index in [1.165, 1.54) is 25.0 Å². The van der Waals surface area contributed by atoms with Crippen LogP contribution in [0.5, 0.6) is 0 Å². The summed E-state index contributed by atoms with van der Waals surface area (Å²) < 4.78 is 12.9. The van der Waals surface area contributed by atoms with Gasteiger partial charge in [-0.2, -0.15) is 0 Å². The number of rotatable bonds is 8. The second-order valence-electron chi connectivity index (χ2n) is 5.34. The molecular weight excluding hydrogens is 285 g/mol. The van der Waals surface area contributed by atoms with E-state index in [1.54, 1.807) is 23.5 Å². The van der Waals surface area contributed by atoms with E-state index < -0.39 is 0 Å². The Morgan fingerprint density at radius 3 is 2.67 bits per heavy atom. The van der Waals surface area contributed by atoms with E-state index in [0.717, 1.165) is 35.9 Å². The molecule has 0 atom stereocenters. The third kappa shape index (κ3) is 5.53. The lowest BCUT2D eigenvalue weighted by atomic mass is 10.2. The highest BCUT2D eigenvalue weighted by atomic mass is 32.1. The third-order valence-corrected chi connectivity index (χ3v) is 4.10. The van der Waals surface area contributed by atoms with Crippen molar-refractivity contribution in [3.8, 4) is 10.6 Å². The fraction of sp³-hybridized carbons (Fsp3) is 0.438. The molecule has 0 fully saturated rings. The van der Waals surface area contributed by atoms with Gasteiger partial charge >= 0.3 is 0 Å². The summed E-state index contributed by atoms with van der Waals surface area (Å²) in [6.45, 7) is 2.93. The molecule has 0 saturated carbocycles. The minimum atomic E-state index is -0.213. The minimum Gasteiger partial charge on any atom is -0.311 e. The van der Waals surface area contributed by atoms with Crippen LogP contribution in [0.1, 0.15) is 18.5 Å². The van der Waals surface area contributed by atoms with Gasteiger partial charge in [0.2, 0.25) is 0 Å². The van der Waals surface area contributed by atoms with Crippen LogP contribution in [0, 0.1) is 5.82 Å². The topological polar surface area (TPSA) is 28.2 Å². The van der Waals surface area contributed by atoms with Crippen molar-refractivity contribution in [3.05, 3.63) is 41.2 Å². The molecule has 0 bridgehead atoms. The summed E-state index contributed by atoms with van der Waals surface area (Å²) in [5.74, 6) is -0.213. The van der Waals surface area contributed by atoms with Crippen LogP contribution in [0.4, 0.5) is 4.39 Å². The zero-order valence-electron chi connectivity index (χ0n) is 12.6. The van der Waals surface area contributed by atoms with Crippen LogP contribution < -0.4 is 5.32 Å². The molecule has 0 saturated heterocycles. The van der Waals surface area contributed by atoms with Crippen molar-refractivity contribution in [1.82, 2.24) is 15.2 Å². The second-order valence-corrected chi connectivity index (χ2v) is 6.20. The molecular formula is C16H22FN3S. The number of aromatic nitrogens is 1. The van der Waals surface area contributed by atoms with Gasteiger partial charge in [0, 0.05) is 17.5 Å². The lowest BCUT2D eigenvalue weighted by Gasteiger charge is -2.08. The predicted octanol–water partition coefficient (Wildman–Crippen LogP) is 3.38. The Morgan fingerprint density at radius 1 is 1.19 bits per heavy atom. The normalized spacial score (nSPS) is 11.2. The van der Waals surface area contributed by atoms with Gasteiger partial charge in [-0.25, -0.2) is 9.37 Å². The van der Waals surface area contributed by atoms with E-state index in [9.17, 15) is 4.39 Å². The lowest BCUT2D eigenvalue weighted by Crippen LogP contribution is -2.18. The Balaban J connectivity index is 1.74. The first kappa shape index (κ1) is 16.1. The number of benzene rings is 1. The smallest absolute Gasteiger partial charge is 0.123 e. The number of halogens is 1. The largest absolute Gasteiger partial charge is 0.311 e. The van der Waals surface area contributed by atoms with Crippen LogP contribution >= 0.6 is 11.3 Å². The van der Waals surface area contributed by atoms with Gasteiger partial charge in [-0.05, 0) is 64.3 Å². The molecule has 2 rings (SSSR count). The molecule has 0 unspecified atom stereocenters. The number of thiazole rings is 1. The molecule has 1 aromatic heterocycles. The molecule has 114 valence electrons. The summed E-state index contributed by atoms with van der Waals surface area (Å²) in [5, 5.41) is 6.42. The first-order valence-corrected chi connectivity index (χ1v) is 8.09.